The maximum absolute atomic E-state index is 12.8. The van der Waals surface area contributed by atoms with Crippen LogP contribution in [0.1, 0.15) is 11.5 Å². The minimum absolute atomic E-state index is 0.225. The van der Waals surface area contributed by atoms with Gasteiger partial charge in [0.2, 0.25) is 0 Å². The molecule has 1 aromatic carbocycles. The van der Waals surface area contributed by atoms with Crippen LogP contribution in [-0.2, 0) is 6.54 Å². The number of hydrogen-bond acceptors (Lipinski definition) is 2. The number of hydrogen-bond donors (Lipinski definition) is 1. The molecule has 0 fully saturated rings. The van der Waals surface area contributed by atoms with Crippen LogP contribution in [0.15, 0.2) is 30.5 Å². The van der Waals surface area contributed by atoms with E-state index in [0.29, 0.717) is 6.54 Å². The van der Waals surface area contributed by atoms with Gasteiger partial charge in [0.15, 0.2) is 0 Å². The van der Waals surface area contributed by atoms with Gasteiger partial charge in [-0.05, 0) is 38.2 Å². The molecule has 0 aliphatic rings. The van der Waals surface area contributed by atoms with E-state index in [0.717, 1.165) is 17.2 Å². The molecule has 2 rings (SSSR count). The van der Waals surface area contributed by atoms with E-state index in [-0.39, 0.29) is 5.82 Å². The summed E-state index contributed by atoms with van der Waals surface area (Å²) in [6.07, 6.45) is 1.82. The summed E-state index contributed by atoms with van der Waals surface area (Å²) >= 11 is 0. The van der Waals surface area contributed by atoms with Crippen molar-refractivity contribution in [3.8, 4) is 5.69 Å². The van der Waals surface area contributed by atoms with Gasteiger partial charge in [-0.2, -0.15) is 0 Å². The normalized spacial score (nSPS) is 10.7. The predicted octanol–water partition coefficient (Wildman–Crippen LogP) is 2.04. The maximum atomic E-state index is 12.8. The molecule has 0 atom stereocenters. The van der Waals surface area contributed by atoms with E-state index >= 15 is 0 Å². The van der Waals surface area contributed by atoms with Crippen molar-refractivity contribution in [1.29, 1.82) is 0 Å². The van der Waals surface area contributed by atoms with Gasteiger partial charge in [-0.3, -0.25) is 4.57 Å². The lowest BCUT2D eigenvalue weighted by molar-refractivity contribution is 0.627. The van der Waals surface area contributed by atoms with E-state index in [1.165, 1.54) is 12.1 Å². The van der Waals surface area contributed by atoms with Crippen LogP contribution in [0.4, 0.5) is 4.39 Å². The van der Waals surface area contributed by atoms with Gasteiger partial charge in [0, 0.05) is 17.6 Å². The molecule has 3 nitrogen and oxygen atoms in total. The van der Waals surface area contributed by atoms with E-state index in [9.17, 15) is 4.39 Å². The third kappa shape index (κ3) is 1.97. The Morgan fingerprint density at radius 1 is 1.31 bits per heavy atom. The largest absolute Gasteiger partial charge is 0.313 e. The maximum Gasteiger partial charge on any atom is 0.127 e. The molecule has 0 bridgehead atoms. The second-order valence-electron chi connectivity index (χ2n) is 3.66. The highest BCUT2D eigenvalue weighted by Crippen LogP contribution is 2.14. The highest BCUT2D eigenvalue weighted by atomic mass is 19.1. The summed E-state index contributed by atoms with van der Waals surface area (Å²) in [5, 5.41) is 3.06. The second kappa shape index (κ2) is 4.45. The van der Waals surface area contributed by atoms with Crippen LogP contribution in [0.2, 0.25) is 0 Å². The molecule has 0 saturated carbocycles. The van der Waals surface area contributed by atoms with Crippen LogP contribution in [0, 0.1) is 12.7 Å². The van der Waals surface area contributed by atoms with Gasteiger partial charge < -0.3 is 5.32 Å². The fourth-order valence-corrected chi connectivity index (χ4v) is 1.71. The summed E-state index contributed by atoms with van der Waals surface area (Å²) in [4.78, 5) is 4.31. The highest BCUT2D eigenvalue weighted by molar-refractivity contribution is 5.35. The third-order valence-corrected chi connectivity index (χ3v) is 2.43. The molecule has 0 radical (unpaired) electrons. The fourth-order valence-electron chi connectivity index (χ4n) is 1.71. The van der Waals surface area contributed by atoms with Gasteiger partial charge in [-0.15, -0.1) is 0 Å². The second-order valence-corrected chi connectivity index (χ2v) is 3.66. The van der Waals surface area contributed by atoms with Crippen molar-refractivity contribution in [2.24, 2.45) is 0 Å². The number of rotatable bonds is 3. The van der Waals surface area contributed by atoms with Crippen molar-refractivity contribution in [1.82, 2.24) is 14.9 Å². The van der Waals surface area contributed by atoms with Gasteiger partial charge in [0.05, 0.1) is 6.54 Å². The van der Waals surface area contributed by atoms with Crippen LogP contribution >= 0.6 is 0 Å². The number of nitrogens with zero attached hydrogens (tertiary/aromatic N) is 2. The molecule has 2 aromatic rings. The SMILES string of the molecule is CNCc1ncc(C)n1-c1ccc(F)cc1. The lowest BCUT2D eigenvalue weighted by Gasteiger charge is -2.09. The van der Waals surface area contributed by atoms with Gasteiger partial charge in [0.25, 0.3) is 0 Å². The number of nitrogens with one attached hydrogen (secondary N) is 1. The summed E-state index contributed by atoms with van der Waals surface area (Å²) in [6.45, 7) is 2.67. The minimum atomic E-state index is -0.225. The van der Waals surface area contributed by atoms with Crippen LogP contribution in [0.25, 0.3) is 5.69 Å². The average Bonchev–Trinajstić information content (AvgIpc) is 2.62. The van der Waals surface area contributed by atoms with Crippen molar-refractivity contribution < 1.29 is 4.39 Å². The zero-order valence-corrected chi connectivity index (χ0v) is 9.37. The zero-order valence-electron chi connectivity index (χ0n) is 9.37. The average molecular weight is 219 g/mol. The van der Waals surface area contributed by atoms with E-state index in [4.69, 9.17) is 0 Å². The Bertz CT molecular complexity index is 474. The van der Waals surface area contributed by atoms with Crippen LogP contribution in [0.5, 0.6) is 0 Å². The molecular formula is C12H14FN3. The topological polar surface area (TPSA) is 29.9 Å². The molecule has 0 unspecified atom stereocenters. The monoisotopic (exact) mass is 219 g/mol. The zero-order chi connectivity index (χ0) is 11.5. The van der Waals surface area contributed by atoms with Gasteiger partial charge >= 0.3 is 0 Å². The minimum Gasteiger partial charge on any atom is -0.313 e. The van der Waals surface area contributed by atoms with Crippen molar-refractivity contribution in [3.63, 3.8) is 0 Å². The molecule has 16 heavy (non-hydrogen) atoms. The Hall–Kier alpha value is -1.68. The highest BCUT2D eigenvalue weighted by Gasteiger charge is 2.07. The van der Waals surface area contributed by atoms with E-state index in [1.807, 2.05) is 24.7 Å². The molecular weight excluding hydrogens is 205 g/mol. The standard InChI is InChI=1S/C12H14FN3/c1-9-7-15-12(8-14-2)16(9)11-5-3-10(13)4-6-11/h3-7,14H,8H2,1-2H3. The van der Waals surface area contributed by atoms with Crippen molar-refractivity contribution in [2.75, 3.05) is 7.05 Å². The van der Waals surface area contributed by atoms with Crippen LogP contribution in [0.3, 0.4) is 0 Å². The first-order valence-corrected chi connectivity index (χ1v) is 5.16. The van der Waals surface area contributed by atoms with Crippen molar-refractivity contribution in [3.05, 3.63) is 47.8 Å². The van der Waals surface area contributed by atoms with Gasteiger partial charge in [-0.1, -0.05) is 0 Å². The third-order valence-electron chi connectivity index (χ3n) is 2.43. The molecule has 0 amide bonds. The number of imidazole rings is 1. The Morgan fingerprint density at radius 3 is 2.62 bits per heavy atom. The van der Waals surface area contributed by atoms with Crippen LogP contribution < -0.4 is 5.32 Å². The molecule has 1 heterocycles. The van der Waals surface area contributed by atoms with E-state index < -0.39 is 0 Å². The summed E-state index contributed by atoms with van der Waals surface area (Å²) in [6, 6.07) is 6.42. The van der Waals surface area contributed by atoms with E-state index in [2.05, 4.69) is 10.3 Å². The smallest absolute Gasteiger partial charge is 0.127 e. The Kier molecular flexibility index (Phi) is 3.01. The Labute approximate surface area is 93.9 Å². The number of aryl methyl sites for hydroxylation is 1. The molecule has 84 valence electrons. The molecule has 4 heteroatoms. The first kappa shape index (κ1) is 10.8. The molecule has 1 aromatic heterocycles. The summed E-state index contributed by atoms with van der Waals surface area (Å²) in [7, 11) is 1.87. The number of benzene rings is 1. The number of halogens is 1. The van der Waals surface area contributed by atoms with Crippen molar-refractivity contribution in [2.45, 2.75) is 13.5 Å². The predicted molar refractivity (Wildman–Crippen MR) is 61.0 cm³/mol. The fraction of sp³-hybridized carbons (Fsp3) is 0.250. The van der Waals surface area contributed by atoms with E-state index in [1.54, 1.807) is 12.1 Å². The lowest BCUT2D eigenvalue weighted by atomic mass is 10.3. The van der Waals surface area contributed by atoms with Crippen molar-refractivity contribution >= 4 is 0 Å². The summed E-state index contributed by atoms with van der Waals surface area (Å²) in [5.41, 5.74) is 1.97. The quantitative estimate of drug-likeness (QED) is 0.856. The first-order chi connectivity index (χ1) is 7.72. The molecule has 0 saturated heterocycles. The molecule has 1 N–H and O–H groups in total. The summed E-state index contributed by atoms with van der Waals surface area (Å²) < 4.78 is 14.9. The summed E-state index contributed by atoms with van der Waals surface area (Å²) in [5.74, 6) is 0.697. The molecule has 0 aliphatic heterocycles. The van der Waals surface area contributed by atoms with Gasteiger partial charge in [-0.25, -0.2) is 9.37 Å². The Morgan fingerprint density at radius 2 is 2.00 bits per heavy atom. The number of aromatic nitrogens is 2. The lowest BCUT2D eigenvalue weighted by Crippen LogP contribution is -2.12. The molecule has 0 aliphatic carbocycles. The van der Waals surface area contributed by atoms with Gasteiger partial charge in [0.1, 0.15) is 11.6 Å². The first-order valence-electron chi connectivity index (χ1n) is 5.16. The van der Waals surface area contributed by atoms with Crippen LogP contribution in [-0.4, -0.2) is 16.6 Å². The molecule has 0 spiro atoms. The Balaban J connectivity index is 2.45.